The first-order chi connectivity index (χ1) is 10.00. The van der Waals surface area contributed by atoms with E-state index in [-0.39, 0.29) is 10.0 Å². The van der Waals surface area contributed by atoms with Gasteiger partial charge in [0.1, 0.15) is 5.82 Å². The lowest BCUT2D eigenvalue weighted by Gasteiger charge is -2.33. The van der Waals surface area contributed by atoms with Gasteiger partial charge < -0.3 is 5.11 Å². The lowest BCUT2D eigenvalue weighted by molar-refractivity contribution is -0.211. The van der Waals surface area contributed by atoms with Gasteiger partial charge in [0, 0.05) is 4.47 Å². The number of nitrogens with zero attached hydrogens (tertiary/aromatic N) is 1. The molecule has 0 aromatic heterocycles. The summed E-state index contributed by atoms with van der Waals surface area (Å²) in [5, 5.41) is 8.49. The van der Waals surface area contributed by atoms with E-state index >= 15 is 0 Å². The molecule has 1 amide bonds. The zero-order chi connectivity index (χ0) is 17.2. The molecule has 0 bridgehead atoms. The highest BCUT2D eigenvalue weighted by Gasteiger charge is 2.52. The van der Waals surface area contributed by atoms with Crippen molar-refractivity contribution < 1.29 is 36.6 Å². The molecule has 0 fully saturated rings. The molecule has 1 rings (SSSR count). The molecule has 0 heterocycles. The molecule has 4 nitrogen and oxygen atoms in total. The maximum atomic E-state index is 13.7. The molecule has 0 aliphatic heterocycles. The minimum absolute atomic E-state index is 0.0757. The fourth-order valence-corrected chi connectivity index (χ4v) is 2.44. The van der Waals surface area contributed by atoms with E-state index in [4.69, 9.17) is 5.11 Å². The number of hydrogen-bond acceptors (Lipinski definition) is 2. The Morgan fingerprint density at radius 2 is 1.86 bits per heavy atom. The Hall–Kier alpha value is -1.71. The van der Waals surface area contributed by atoms with Gasteiger partial charge in [0.2, 0.25) is 0 Å². The molecule has 0 spiro atoms. The molecule has 1 aromatic carbocycles. The van der Waals surface area contributed by atoms with E-state index in [0.717, 1.165) is 25.1 Å². The van der Waals surface area contributed by atoms with Crippen molar-refractivity contribution in [3.05, 3.63) is 34.1 Å². The first-order valence-corrected chi connectivity index (χ1v) is 6.47. The lowest BCUT2D eigenvalue weighted by Crippen LogP contribution is -2.53. The van der Waals surface area contributed by atoms with Gasteiger partial charge in [-0.15, -0.1) is 0 Å². The van der Waals surface area contributed by atoms with Crippen LogP contribution < -0.4 is 0 Å². The third kappa shape index (κ3) is 3.54. The summed E-state index contributed by atoms with van der Waals surface area (Å²) in [5.41, 5.74) is -0.156. The standard InChI is InChI=1S/C12H9BrF5NO3/c1-5(7-3-2-6(14)4-8(7)13)19(10(20)9(15)16)12(17,18)11(21)22/h2-5,9H,1H3,(H,21,22). The number of rotatable bonds is 5. The average molecular weight is 390 g/mol. The van der Waals surface area contributed by atoms with Crippen molar-refractivity contribution in [3.8, 4) is 0 Å². The number of carboxylic acids is 1. The monoisotopic (exact) mass is 389 g/mol. The van der Waals surface area contributed by atoms with Crippen LogP contribution in [0.25, 0.3) is 0 Å². The fraction of sp³-hybridized carbons (Fsp3) is 0.333. The molecule has 0 saturated heterocycles. The molecule has 0 aliphatic rings. The summed E-state index contributed by atoms with van der Waals surface area (Å²) < 4.78 is 65.3. The molecule has 0 aliphatic carbocycles. The van der Waals surface area contributed by atoms with Crippen LogP contribution in [0.15, 0.2) is 22.7 Å². The van der Waals surface area contributed by atoms with E-state index in [1.165, 1.54) is 0 Å². The van der Waals surface area contributed by atoms with Crippen LogP contribution in [0.2, 0.25) is 0 Å². The number of carbonyl (C=O) groups is 2. The average Bonchev–Trinajstić information content (AvgIpc) is 2.37. The quantitative estimate of drug-likeness (QED) is 0.620. The van der Waals surface area contributed by atoms with Crippen molar-refractivity contribution in [3.63, 3.8) is 0 Å². The number of hydrogen-bond donors (Lipinski definition) is 1. The van der Waals surface area contributed by atoms with Crippen LogP contribution in [0.4, 0.5) is 22.0 Å². The van der Waals surface area contributed by atoms with E-state index in [9.17, 15) is 31.5 Å². The number of carbonyl (C=O) groups excluding carboxylic acids is 1. The SMILES string of the molecule is CC(c1ccc(F)cc1Br)N(C(=O)C(F)F)C(F)(F)C(=O)O. The predicted molar refractivity (Wildman–Crippen MR) is 67.9 cm³/mol. The van der Waals surface area contributed by atoms with E-state index < -0.39 is 41.1 Å². The van der Waals surface area contributed by atoms with Gasteiger partial charge in [-0.3, -0.25) is 9.69 Å². The molecule has 1 N–H and O–H groups in total. The van der Waals surface area contributed by atoms with Gasteiger partial charge in [0.15, 0.2) is 0 Å². The Balaban J connectivity index is 3.38. The Morgan fingerprint density at radius 1 is 1.32 bits per heavy atom. The number of carboxylic acid groups (broad SMARTS) is 1. The molecule has 22 heavy (non-hydrogen) atoms. The Bertz CT molecular complexity index is 596. The third-order valence-corrected chi connectivity index (χ3v) is 3.47. The number of alkyl halides is 4. The molecule has 10 heteroatoms. The van der Waals surface area contributed by atoms with Crippen molar-refractivity contribution in [2.75, 3.05) is 0 Å². The van der Waals surface area contributed by atoms with Crippen LogP contribution in [0, 0.1) is 5.82 Å². The van der Waals surface area contributed by atoms with Crippen LogP contribution in [0.5, 0.6) is 0 Å². The van der Waals surface area contributed by atoms with E-state index in [1.54, 1.807) is 0 Å². The van der Waals surface area contributed by atoms with Crippen molar-refractivity contribution in [1.29, 1.82) is 0 Å². The van der Waals surface area contributed by atoms with Gasteiger partial charge in [-0.2, -0.15) is 17.6 Å². The molecule has 1 atom stereocenters. The van der Waals surface area contributed by atoms with Crippen molar-refractivity contribution >= 4 is 27.8 Å². The van der Waals surface area contributed by atoms with Crippen LogP contribution >= 0.6 is 15.9 Å². The number of aliphatic carboxylic acids is 1. The third-order valence-electron chi connectivity index (χ3n) is 2.78. The number of amides is 1. The Kier molecular flexibility index (Phi) is 5.49. The summed E-state index contributed by atoms with van der Waals surface area (Å²) in [6.45, 7) is 0.926. The van der Waals surface area contributed by atoms with E-state index in [2.05, 4.69) is 15.9 Å². The molecule has 0 radical (unpaired) electrons. The summed E-state index contributed by atoms with van der Waals surface area (Å²) in [6, 6.07) is -3.90. The zero-order valence-electron chi connectivity index (χ0n) is 10.9. The van der Waals surface area contributed by atoms with Gasteiger partial charge in [0.05, 0.1) is 6.04 Å². The smallest absolute Gasteiger partial charge is 0.425 e. The van der Waals surface area contributed by atoms with Crippen LogP contribution in [0.3, 0.4) is 0 Å². The molecule has 1 aromatic rings. The number of benzene rings is 1. The summed E-state index contributed by atoms with van der Waals surface area (Å²) in [6.07, 6.45) is -3.83. The van der Waals surface area contributed by atoms with E-state index in [0.29, 0.717) is 0 Å². The van der Waals surface area contributed by atoms with E-state index in [1.807, 2.05) is 0 Å². The molecule has 122 valence electrons. The second-order valence-electron chi connectivity index (χ2n) is 4.20. The first-order valence-electron chi connectivity index (χ1n) is 5.67. The minimum atomic E-state index is -4.86. The second-order valence-corrected chi connectivity index (χ2v) is 5.05. The molecular formula is C12H9BrF5NO3. The van der Waals surface area contributed by atoms with Gasteiger partial charge in [-0.05, 0) is 24.6 Å². The van der Waals surface area contributed by atoms with Crippen molar-refractivity contribution in [2.45, 2.75) is 25.4 Å². The van der Waals surface area contributed by atoms with Gasteiger partial charge >= 0.3 is 18.4 Å². The lowest BCUT2D eigenvalue weighted by atomic mass is 10.1. The maximum absolute atomic E-state index is 13.7. The van der Waals surface area contributed by atoms with Crippen molar-refractivity contribution in [2.24, 2.45) is 0 Å². The molecular weight excluding hydrogens is 381 g/mol. The highest BCUT2D eigenvalue weighted by Crippen LogP contribution is 2.35. The topological polar surface area (TPSA) is 57.6 Å². The first kappa shape index (κ1) is 18.3. The summed E-state index contributed by atoms with van der Waals surface area (Å²) in [4.78, 5) is 21.2. The van der Waals surface area contributed by atoms with Gasteiger partial charge in [-0.1, -0.05) is 22.0 Å². The van der Waals surface area contributed by atoms with Crippen LogP contribution in [0.1, 0.15) is 18.5 Å². The van der Waals surface area contributed by atoms with Crippen LogP contribution in [-0.2, 0) is 9.59 Å². The zero-order valence-corrected chi connectivity index (χ0v) is 12.5. The second kappa shape index (κ2) is 6.59. The molecule has 0 saturated carbocycles. The maximum Gasteiger partial charge on any atom is 0.425 e. The highest BCUT2D eigenvalue weighted by atomic mass is 79.9. The summed E-state index contributed by atoms with van der Waals surface area (Å²) >= 11 is 2.85. The van der Waals surface area contributed by atoms with Crippen molar-refractivity contribution in [1.82, 2.24) is 4.90 Å². The normalized spacial score (nSPS) is 13.1. The highest BCUT2D eigenvalue weighted by molar-refractivity contribution is 9.10. The molecule has 1 unspecified atom stereocenters. The predicted octanol–water partition coefficient (Wildman–Crippen LogP) is 3.42. The largest absolute Gasteiger partial charge is 0.475 e. The summed E-state index contributed by atoms with van der Waals surface area (Å²) in [7, 11) is 0. The summed E-state index contributed by atoms with van der Waals surface area (Å²) in [5.74, 6) is -5.85. The van der Waals surface area contributed by atoms with Gasteiger partial charge in [0.25, 0.3) is 5.91 Å². The Labute approximate surface area is 129 Å². The van der Waals surface area contributed by atoms with Gasteiger partial charge in [-0.25, -0.2) is 9.18 Å². The Morgan fingerprint density at radius 3 is 2.27 bits per heavy atom. The fourth-order valence-electron chi connectivity index (χ4n) is 1.76. The minimum Gasteiger partial charge on any atom is -0.475 e. The van der Waals surface area contributed by atoms with Crippen LogP contribution in [-0.4, -0.2) is 34.4 Å². The number of halogens is 6.